The van der Waals surface area contributed by atoms with E-state index in [-0.39, 0.29) is 0 Å². The molecule has 10 rings (SSSR count). The van der Waals surface area contributed by atoms with Crippen LogP contribution in [0.15, 0.2) is 176 Å². The van der Waals surface area contributed by atoms with Crippen LogP contribution in [0.4, 0.5) is 0 Å². The van der Waals surface area contributed by atoms with E-state index in [0.29, 0.717) is 0 Å². The fourth-order valence-electron chi connectivity index (χ4n) is 8.43. The van der Waals surface area contributed by atoms with Crippen molar-refractivity contribution in [1.82, 2.24) is 4.98 Å². The van der Waals surface area contributed by atoms with Crippen LogP contribution in [-0.2, 0) is 5.41 Å². The van der Waals surface area contributed by atoms with E-state index in [1.807, 2.05) is 0 Å². The summed E-state index contributed by atoms with van der Waals surface area (Å²) in [6.45, 7) is 0. The van der Waals surface area contributed by atoms with E-state index in [9.17, 15) is 0 Å². The molecule has 1 heterocycles. The zero-order chi connectivity index (χ0) is 31.0. The normalized spacial score (nSPS) is 13.3. The third-order valence-corrected chi connectivity index (χ3v) is 10.3. The molecule has 0 fully saturated rings. The monoisotopic (exact) mass is 595 g/mol. The highest BCUT2D eigenvalue weighted by Gasteiger charge is 2.48. The Morgan fingerprint density at radius 3 is 1.51 bits per heavy atom. The number of aromatic nitrogens is 1. The van der Waals surface area contributed by atoms with E-state index in [1.54, 1.807) is 0 Å². The van der Waals surface area contributed by atoms with Crippen molar-refractivity contribution in [2.45, 2.75) is 5.41 Å². The van der Waals surface area contributed by atoms with Crippen LogP contribution >= 0.6 is 0 Å². The molecule has 0 unspecified atom stereocenters. The van der Waals surface area contributed by atoms with Gasteiger partial charge in [0.1, 0.15) is 0 Å². The Hall–Kier alpha value is -6.05. The average Bonchev–Trinajstić information content (AvgIpc) is 3.47. The van der Waals surface area contributed by atoms with Crippen molar-refractivity contribution < 1.29 is 0 Å². The van der Waals surface area contributed by atoms with Crippen molar-refractivity contribution in [3.05, 3.63) is 198 Å². The Balaban J connectivity index is 1.38. The molecule has 8 aromatic carbocycles. The van der Waals surface area contributed by atoms with Crippen LogP contribution in [0.25, 0.3) is 65.6 Å². The minimum absolute atomic E-state index is 0.508. The van der Waals surface area contributed by atoms with Crippen molar-refractivity contribution in [2.75, 3.05) is 0 Å². The lowest BCUT2D eigenvalue weighted by molar-refractivity contribution is 0.775. The van der Waals surface area contributed by atoms with E-state index in [4.69, 9.17) is 4.98 Å². The predicted molar refractivity (Wildman–Crippen MR) is 197 cm³/mol. The van der Waals surface area contributed by atoms with Gasteiger partial charge in [0.2, 0.25) is 0 Å². The first-order valence-electron chi connectivity index (χ1n) is 16.3. The van der Waals surface area contributed by atoms with Gasteiger partial charge in [-0.3, -0.25) is 0 Å². The van der Waals surface area contributed by atoms with Crippen LogP contribution in [0.1, 0.15) is 22.3 Å². The van der Waals surface area contributed by atoms with E-state index < -0.39 is 5.41 Å². The molecule has 1 aromatic heterocycles. The van der Waals surface area contributed by atoms with Gasteiger partial charge in [-0.05, 0) is 72.3 Å². The maximum absolute atomic E-state index is 5.52. The van der Waals surface area contributed by atoms with Crippen molar-refractivity contribution in [1.29, 1.82) is 0 Å². The Morgan fingerprint density at radius 2 is 0.872 bits per heavy atom. The van der Waals surface area contributed by atoms with E-state index in [1.165, 1.54) is 71.1 Å². The van der Waals surface area contributed by atoms with E-state index >= 15 is 0 Å². The summed E-state index contributed by atoms with van der Waals surface area (Å²) in [6.07, 6.45) is 0. The molecular formula is C46H29N. The summed E-state index contributed by atoms with van der Waals surface area (Å²) in [7, 11) is 0. The number of pyridine rings is 1. The number of para-hydroxylation sites is 1. The molecule has 0 radical (unpaired) electrons. The molecule has 0 atom stereocenters. The molecule has 0 bridgehead atoms. The topological polar surface area (TPSA) is 12.9 Å². The standard InChI is InChI=1S/C46H29N/c1-3-15-31(16-4-1)46(32-17-5-2-6-18-32)41-25-13-11-23-38(41)43-44(46)39-24-12-14-26-42(39)47-45(43)30-27-28-37-35-21-8-7-19-33(35)34-20-9-10-22-36(34)40(37)29-30/h1-29H. The molecule has 9 aromatic rings. The largest absolute Gasteiger partial charge is 0.247 e. The van der Waals surface area contributed by atoms with Crippen molar-refractivity contribution >= 4 is 43.2 Å². The van der Waals surface area contributed by atoms with Gasteiger partial charge >= 0.3 is 0 Å². The van der Waals surface area contributed by atoms with Gasteiger partial charge in [0.15, 0.2) is 0 Å². The van der Waals surface area contributed by atoms with Crippen molar-refractivity contribution in [3.8, 4) is 22.4 Å². The minimum Gasteiger partial charge on any atom is -0.247 e. The minimum atomic E-state index is -0.508. The molecule has 1 heteroatoms. The molecule has 218 valence electrons. The van der Waals surface area contributed by atoms with E-state index in [2.05, 4.69) is 176 Å². The molecule has 0 saturated carbocycles. The van der Waals surface area contributed by atoms with Crippen LogP contribution in [0.5, 0.6) is 0 Å². The van der Waals surface area contributed by atoms with Gasteiger partial charge in [0.05, 0.1) is 16.6 Å². The molecule has 0 amide bonds. The highest BCUT2D eigenvalue weighted by molar-refractivity contribution is 6.26. The molecule has 0 saturated heterocycles. The first-order valence-corrected chi connectivity index (χ1v) is 16.3. The molecule has 0 aliphatic heterocycles. The summed E-state index contributed by atoms with van der Waals surface area (Å²) in [5.41, 5.74) is 10.2. The third-order valence-electron chi connectivity index (χ3n) is 10.3. The lowest BCUT2D eigenvalue weighted by atomic mass is 9.67. The number of rotatable bonds is 3. The van der Waals surface area contributed by atoms with Crippen LogP contribution in [0, 0.1) is 0 Å². The summed E-state index contributed by atoms with van der Waals surface area (Å²) in [6, 6.07) is 64.3. The molecular weight excluding hydrogens is 567 g/mol. The smallest absolute Gasteiger partial charge is 0.0791 e. The second-order valence-corrected chi connectivity index (χ2v) is 12.6. The SMILES string of the molecule is c1ccc(C2(c3ccccc3)c3ccccc3-c3c(-c4ccc5c6ccccc6c6ccccc6c5c4)nc4ccccc4c32)cc1. The van der Waals surface area contributed by atoms with Gasteiger partial charge in [0, 0.05) is 16.5 Å². The Morgan fingerprint density at radius 1 is 0.383 bits per heavy atom. The first kappa shape index (κ1) is 26.2. The molecule has 0 spiro atoms. The average molecular weight is 596 g/mol. The number of hydrogen-bond acceptors (Lipinski definition) is 1. The molecule has 1 aliphatic carbocycles. The molecule has 1 aliphatic rings. The lowest BCUT2D eigenvalue weighted by Gasteiger charge is -2.34. The van der Waals surface area contributed by atoms with Gasteiger partial charge < -0.3 is 0 Å². The number of hydrogen-bond donors (Lipinski definition) is 0. The second kappa shape index (κ2) is 9.97. The molecule has 1 nitrogen and oxygen atoms in total. The third kappa shape index (κ3) is 3.57. The van der Waals surface area contributed by atoms with Gasteiger partial charge in [-0.2, -0.15) is 0 Å². The van der Waals surface area contributed by atoms with Gasteiger partial charge in [-0.25, -0.2) is 4.98 Å². The highest BCUT2D eigenvalue weighted by atomic mass is 14.7. The van der Waals surface area contributed by atoms with Crippen LogP contribution in [0.2, 0.25) is 0 Å². The summed E-state index contributed by atoms with van der Waals surface area (Å²) in [5.74, 6) is 0. The summed E-state index contributed by atoms with van der Waals surface area (Å²) >= 11 is 0. The highest BCUT2D eigenvalue weighted by Crippen LogP contribution is 2.59. The van der Waals surface area contributed by atoms with Crippen LogP contribution in [0.3, 0.4) is 0 Å². The Kier molecular flexibility index (Phi) is 5.56. The summed E-state index contributed by atoms with van der Waals surface area (Å²) in [4.78, 5) is 5.52. The van der Waals surface area contributed by atoms with Crippen LogP contribution in [-0.4, -0.2) is 4.98 Å². The zero-order valence-corrected chi connectivity index (χ0v) is 25.7. The van der Waals surface area contributed by atoms with Gasteiger partial charge in [-0.1, -0.05) is 164 Å². The quantitative estimate of drug-likeness (QED) is 0.185. The fraction of sp³-hybridized carbons (Fsp3) is 0.0217. The first-order chi connectivity index (χ1) is 23.3. The maximum Gasteiger partial charge on any atom is 0.0791 e. The van der Waals surface area contributed by atoms with Crippen molar-refractivity contribution in [3.63, 3.8) is 0 Å². The number of benzene rings is 8. The Bertz CT molecular complexity index is 2600. The predicted octanol–water partition coefficient (Wildman–Crippen LogP) is 11.7. The Labute approximate surface area is 273 Å². The number of fused-ring (bicyclic) bond motifs is 11. The van der Waals surface area contributed by atoms with Gasteiger partial charge in [-0.15, -0.1) is 0 Å². The zero-order valence-electron chi connectivity index (χ0n) is 25.7. The summed E-state index contributed by atoms with van der Waals surface area (Å²) in [5, 5.41) is 8.82. The van der Waals surface area contributed by atoms with Crippen molar-refractivity contribution in [2.24, 2.45) is 0 Å². The second-order valence-electron chi connectivity index (χ2n) is 12.6. The lowest BCUT2D eigenvalue weighted by Crippen LogP contribution is -2.29. The maximum atomic E-state index is 5.52. The fourth-order valence-corrected chi connectivity index (χ4v) is 8.43. The van der Waals surface area contributed by atoms with Crippen LogP contribution < -0.4 is 0 Å². The van der Waals surface area contributed by atoms with E-state index in [0.717, 1.165) is 16.8 Å². The van der Waals surface area contributed by atoms with Gasteiger partial charge in [0.25, 0.3) is 0 Å². The molecule has 0 N–H and O–H groups in total. The number of nitrogens with zero attached hydrogens (tertiary/aromatic N) is 1. The summed E-state index contributed by atoms with van der Waals surface area (Å²) < 4.78 is 0. The molecule has 47 heavy (non-hydrogen) atoms.